The Kier molecular flexibility index (Phi) is 3.57. The van der Waals surface area contributed by atoms with Gasteiger partial charge in [0.15, 0.2) is 0 Å². The normalized spacial score (nSPS) is 10.6. The fourth-order valence-corrected chi connectivity index (χ4v) is 2.11. The number of rotatable bonds is 5. The number of benzene rings is 1. The molecule has 8 heteroatoms. The molecule has 22 heavy (non-hydrogen) atoms. The maximum absolute atomic E-state index is 11.7. The summed E-state index contributed by atoms with van der Waals surface area (Å²) in [6, 6.07) is 7.24. The topological polar surface area (TPSA) is 90.6 Å². The van der Waals surface area contributed by atoms with E-state index in [1.54, 1.807) is 29.1 Å². The summed E-state index contributed by atoms with van der Waals surface area (Å²) in [4.78, 5) is 11.7. The standard InChI is InChI=1S/C14H14N6O2/c1-3-10-5-4-6-12(20-14(21)15-17-18-20)11(10)9-22-13-7-8-19(2)16-13/h3-8H,1,9H2,2H3,(H,15,18,21). The van der Waals surface area contributed by atoms with Crippen molar-refractivity contribution in [2.24, 2.45) is 7.05 Å². The first-order valence-electron chi connectivity index (χ1n) is 6.56. The van der Waals surface area contributed by atoms with E-state index in [1.165, 1.54) is 4.68 Å². The number of aryl methyl sites for hydroxylation is 1. The van der Waals surface area contributed by atoms with Crippen LogP contribution < -0.4 is 10.4 Å². The Morgan fingerprint density at radius 3 is 2.91 bits per heavy atom. The molecule has 8 nitrogen and oxygen atoms in total. The zero-order valence-corrected chi connectivity index (χ0v) is 11.9. The molecule has 0 aliphatic heterocycles. The highest BCUT2D eigenvalue weighted by molar-refractivity contribution is 5.58. The first kappa shape index (κ1) is 13.8. The second-order valence-electron chi connectivity index (χ2n) is 4.58. The van der Waals surface area contributed by atoms with Crippen LogP contribution in [0.25, 0.3) is 11.8 Å². The number of H-pyrrole nitrogens is 1. The van der Waals surface area contributed by atoms with Crippen LogP contribution in [0, 0.1) is 0 Å². The minimum Gasteiger partial charge on any atom is -0.472 e. The molecule has 3 aromatic rings. The van der Waals surface area contributed by atoms with Gasteiger partial charge in [-0.1, -0.05) is 24.8 Å². The minimum absolute atomic E-state index is 0.230. The fraction of sp³-hybridized carbons (Fsp3) is 0.143. The lowest BCUT2D eigenvalue weighted by molar-refractivity contribution is 0.290. The highest BCUT2D eigenvalue weighted by atomic mass is 16.5. The van der Waals surface area contributed by atoms with Gasteiger partial charge in [-0.05, 0) is 22.1 Å². The van der Waals surface area contributed by atoms with Crippen LogP contribution >= 0.6 is 0 Å². The van der Waals surface area contributed by atoms with E-state index in [4.69, 9.17) is 4.74 Å². The van der Waals surface area contributed by atoms with Crippen LogP contribution in [0.5, 0.6) is 5.88 Å². The minimum atomic E-state index is -0.416. The van der Waals surface area contributed by atoms with E-state index in [0.717, 1.165) is 11.1 Å². The first-order chi connectivity index (χ1) is 10.7. The number of hydrogen-bond acceptors (Lipinski definition) is 5. The van der Waals surface area contributed by atoms with Crippen LogP contribution in [0.3, 0.4) is 0 Å². The third-order valence-electron chi connectivity index (χ3n) is 3.16. The lowest BCUT2D eigenvalue weighted by Crippen LogP contribution is -2.18. The maximum Gasteiger partial charge on any atom is 0.365 e. The number of nitrogens with one attached hydrogen (secondary N) is 1. The van der Waals surface area contributed by atoms with Crippen molar-refractivity contribution in [1.82, 2.24) is 30.0 Å². The molecule has 0 aliphatic rings. The zero-order valence-electron chi connectivity index (χ0n) is 11.9. The molecule has 0 amide bonds. The molecule has 0 radical (unpaired) electrons. The van der Waals surface area contributed by atoms with Crippen LogP contribution in [0.4, 0.5) is 0 Å². The lowest BCUT2D eigenvalue weighted by Gasteiger charge is -2.11. The van der Waals surface area contributed by atoms with Gasteiger partial charge >= 0.3 is 5.69 Å². The Labute approximate surface area is 125 Å². The Morgan fingerprint density at radius 2 is 2.27 bits per heavy atom. The average Bonchev–Trinajstić information content (AvgIpc) is 3.13. The molecule has 1 aromatic carbocycles. The Balaban J connectivity index is 1.99. The summed E-state index contributed by atoms with van der Waals surface area (Å²) in [5.74, 6) is 0.500. The summed E-state index contributed by atoms with van der Waals surface area (Å²) in [6.07, 6.45) is 3.49. The largest absolute Gasteiger partial charge is 0.472 e. The molecule has 0 saturated heterocycles. The number of tetrazole rings is 1. The molecule has 2 aromatic heterocycles. The smallest absolute Gasteiger partial charge is 0.365 e. The van der Waals surface area contributed by atoms with Gasteiger partial charge < -0.3 is 4.74 Å². The van der Waals surface area contributed by atoms with Gasteiger partial charge in [-0.25, -0.2) is 9.89 Å². The Hall–Kier alpha value is -3.16. The summed E-state index contributed by atoms with van der Waals surface area (Å²) in [5, 5.41) is 13.7. The van der Waals surface area contributed by atoms with Gasteiger partial charge in [0.1, 0.15) is 6.61 Å². The van der Waals surface area contributed by atoms with Gasteiger partial charge in [0.2, 0.25) is 5.88 Å². The van der Waals surface area contributed by atoms with Crippen LogP contribution in [-0.4, -0.2) is 30.0 Å². The van der Waals surface area contributed by atoms with Crippen LogP contribution in [0.2, 0.25) is 0 Å². The molecule has 0 fully saturated rings. The molecule has 112 valence electrons. The van der Waals surface area contributed by atoms with Crippen molar-refractivity contribution in [2.45, 2.75) is 6.61 Å². The predicted molar refractivity (Wildman–Crippen MR) is 79.6 cm³/mol. The van der Waals surface area contributed by atoms with Crippen LogP contribution in [0.1, 0.15) is 11.1 Å². The van der Waals surface area contributed by atoms with Crippen molar-refractivity contribution in [3.63, 3.8) is 0 Å². The molecule has 0 saturated carbocycles. The summed E-state index contributed by atoms with van der Waals surface area (Å²) in [5.41, 5.74) is 1.80. The van der Waals surface area contributed by atoms with Crippen LogP contribution in [0.15, 0.2) is 41.8 Å². The third-order valence-corrected chi connectivity index (χ3v) is 3.16. The van der Waals surface area contributed by atoms with Gasteiger partial charge in [0, 0.05) is 24.9 Å². The molecule has 1 N–H and O–H groups in total. The molecule has 2 heterocycles. The molecule has 0 atom stereocenters. The van der Waals surface area contributed by atoms with E-state index in [2.05, 4.69) is 27.2 Å². The summed E-state index contributed by atoms with van der Waals surface area (Å²) >= 11 is 0. The summed E-state index contributed by atoms with van der Waals surface area (Å²) in [7, 11) is 1.81. The highest BCUT2D eigenvalue weighted by Crippen LogP contribution is 2.20. The van der Waals surface area contributed by atoms with Crippen molar-refractivity contribution in [3.05, 3.63) is 58.7 Å². The van der Waals surface area contributed by atoms with Crippen molar-refractivity contribution >= 4 is 6.08 Å². The average molecular weight is 298 g/mol. The molecular weight excluding hydrogens is 284 g/mol. The quantitative estimate of drug-likeness (QED) is 0.756. The Morgan fingerprint density at radius 1 is 1.41 bits per heavy atom. The van der Waals surface area contributed by atoms with E-state index in [-0.39, 0.29) is 6.61 Å². The van der Waals surface area contributed by atoms with Gasteiger partial charge in [-0.3, -0.25) is 4.68 Å². The zero-order chi connectivity index (χ0) is 15.5. The number of ether oxygens (including phenoxy) is 1. The van der Waals surface area contributed by atoms with E-state index in [9.17, 15) is 4.79 Å². The number of aromatic amines is 1. The summed E-state index contributed by atoms with van der Waals surface area (Å²) in [6.45, 7) is 4.02. The van der Waals surface area contributed by atoms with E-state index in [1.807, 2.05) is 19.2 Å². The molecule has 0 unspecified atom stereocenters. The molecular formula is C14H14N6O2. The number of nitrogens with zero attached hydrogens (tertiary/aromatic N) is 5. The second kappa shape index (κ2) is 5.68. The van der Waals surface area contributed by atoms with E-state index >= 15 is 0 Å². The fourth-order valence-electron chi connectivity index (χ4n) is 2.11. The van der Waals surface area contributed by atoms with E-state index < -0.39 is 5.69 Å². The van der Waals surface area contributed by atoms with Crippen molar-refractivity contribution in [3.8, 4) is 11.6 Å². The lowest BCUT2D eigenvalue weighted by atomic mass is 10.1. The second-order valence-corrected chi connectivity index (χ2v) is 4.58. The molecule has 0 aliphatic carbocycles. The van der Waals surface area contributed by atoms with Gasteiger partial charge in [-0.2, -0.15) is 4.68 Å². The highest BCUT2D eigenvalue weighted by Gasteiger charge is 2.13. The predicted octanol–water partition coefficient (Wildman–Crippen LogP) is 0.911. The molecule has 0 spiro atoms. The van der Waals surface area contributed by atoms with Crippen molar-refractivity contribution in [2.75, 3.05) is 0 Å². The Bertz CT molecular complexity index is 860. The maximum atomic E-state index is 11.7. The molecule has 3 rings (SSSR count). The van der Waals surface area contributed by atoms with Gasteiger partial charge in [0.25, 0.3) is 0 Å². The van der Waals surface area contributed by atoms with E-state index in [0.29, 0.717) is 11.6 Å². The number of aromatic nitrogens is 6. The molecule has 0 bridgehead atoms. The van der Waals surface area contributed by atoms with Crippen molar-refractivity contribution < 1.29 is 4.74 Å². The monoisotopic (exact) mass is 298 g/mol. The van der Waals surface area contributed by atoms with Crippen molar-refractivity contribution in [1.29, 1.82) is 0 Å². The third kappa shape index (κ3) is 2.53. The first-order valence-corrected chi connectivity index (χ1v) is 6.56. The SMILES string of the molecule is C=Cc1cccc(-n2nn[nH]c2=O)c1COc1ccn(C)n1. The van der Waals surface area contributed by atoms with Crippen LogP contribution in [-0.2, 0) is 13.7 Å². The summed E-state index contributed by atoms with van der Waals surface area (Å²) < 4.78 is 8.52. The number of hydrogen-bond donors (Lipinski definition) is 1. The van der Waals surface area contributed by atoms with Gasteiger partial charge in [0.05, 0.1) is 5.69 Å². The van der Waals surface area contributed by atoms with Gasteiger partial charge in [-0.15, -0.1) is 5.10 Å².